The molecule has 1 aliphatic heterocycles. The Kier molecular flexibility index (Phi) is 6.97. The standard InChI is InChI=1S/C35H34F3N5/c1-7-22-11-9-12-23(8-2)31(22)43-32(26-13-10-14-28-30(26)29(39-6)18-40-28)27-20-42(34(4,5)33(27)41-43)19-24-15-16-25(17-21(24)3)35(36,37)38/h9-18,40H,7-8,19-20H2,1-5H3. The first kappa shape index (κ1) is 28.8. The van der Waals surface area contributed by atoms with Crippen LogP contribution >= 0.6 is 0 Å². The summed E-state index contributed by atoms with van der Waals surface area (Å²) in [5.41, 5.74) is 9.18. The molecule has 0 atom stereocenters. The number of nitrogens with one attached hydrogen (secondary N) is 1. The molecule has 3 aromatic carbocycles. The highest BCUT2D eigenvalue weighted by molar-refractivity contribution is 6.04. The van der Waals surface area contributed by atoms with Crippen LogP contribution in [0.5, 0.6) is 0 Å². The molecule has 0 saturated carbocycles. The van der Waals surface area contributed by atoms with E-state index in [-0.39, 0.29) is 0 Å². The Hall–Kier alpha value is -4.35. The van der Waals surface area contributed by atoms with Gasteiger partial charge in [-0.1, -0.05) is 50.2 Å². The van der Waals surface area contributed by atoms with Crippen molar-refractivity contribution in [3.8, 4) is 16.9 Å². The van der Waals surface area contributed by atoms with Crippen LogP contribution in [-0.2, 0) is 37.6 Å². The first-order valence-electron chi connectivity index (χ1n) is 14.6. The van der Waals surface area contributed by atoms with Crippen LogP contribution in [0.4, 0.5) is 18.9 Å². The van der Waals surface area contributed by atoms with Crippen molar-refractivity contribution in [1.29, 1.82) is 0 Å². The molecule has 0 bridgehead atoms. The molecule has 220 valence electrons. The predicted molar refractivity (Wildman–Crippen MR) is 164 cm³/mol. The molecule has 3 heterocycles. The highest BCUT2D eigenvalue weighted by atomic mass is 19.4. The molecule has 43 heavy (non-hydrogen) atoms. The Morgan fingerprint density at radius 3 is 2.33 bits per heavy atom. The normalized spacial score (nSPS) is 14.8. The van der Waals surface area contributed by atoms with E-state index in [9.17, 15) is 13.2 Å². The van der Waals surface area contributed by atoms with Crippen molar-refractivity contribution < 1.29 is 13.2 Å². The van der Waals surface area contributed by atoms with Gasteiger partial charge in [0.05, 0.1) is 34.7 Å². The van der Waals surface area contributed by atoms with Crippen LogP contribution in [-0.4, -0.2) is 19.7 Å². The van der Waals surface area contributed by atoms with Gasteiger partial charge < -0.3 is 4.98 Å². The summed E-state index contributed by atoms with van der Waals surface area (Å²) in [5, 5.41) is 6.22. The van der Waals surface area contributed by atoms with E-state index >= 15 is 0 Å². The fourth-order valence-corrected chi connectivity index (χ4v) is 6.52. The second kappa shape index (κ2) is 10.4. The number of fused-ring (bicyclic) bond motifs is 2. The van der Waals surface area contributed by atoms with E-state index < -0.39 is 17.3 Å². The number of aryl methyl sites for hydroxylation is 3. The largest absolute Gasteiger partial charge is 0.416 e. The summed E-state index contributed by atoms with van der Waals surface area (Å²) in [5.74, 6) is 0. The van der Waals surface area contributed by atoms with Crippen LogP contribution in [0.25, 0.3) is 32.7 Å². The molecule has 0 fully saturated rings. The molecule has 6 rings (SSSR count). The van der Waals surface area contributed by atoms with Gasteiger partial charge in [-0.05, 0) is 79.6 Å². The SMILES string of the molecule is [C-]#[N+]c1c[nH]c2cccc(-c3c4c(nn3-c3c(CC)cccc3CC)C(C)(C)N(Cc3ccc(C(F)(F)F)cc3C)C4)c12. The third-order valence-electron chi connectivity index (χ3n) is 8.97. The van der Waals surface area contributed by atoms with Gasteiger partial charge in [-0.15, -0.1) is 0 Å². The molecule has 2 aromatic heterocycles. The topological polar surface area (TPSA) is 41.2 Å². The molecular formula is C35H34F3N5. The van der Waals surface area contributed by atoms with Crippen molar-refractivity contribution in [2.45, 2.75) is 72.3 Å². The second-order valence-electron chi connectivity index (χ2n) is 11.8. The van der Waals surface area contributed by atoms with Crippen molar-refractivity contribution in [1.82, 2.24) is 19.7 Å². The average Bonchev–Trinajstić information content (AvgIpc) is 3.64. The third-order valence-corrected chi connectivity index (χ3v) is 8.97. The van der Waals surface area contributed by atoms with Crippen molar-refractivity contribution in [2.24, 2.45) is 0 Å². The van der Waals surface area contributed by atoms with Crippen molar-refractivity contribution >= 4 is 16.6 Å². The van der Waals surface area contributed by atoms with Crippen LogP contribution in [0.1, 0.15) is 66.8 Å². The third kappa shape index (κ3) is 4.63. The van der Waals surface area contributed by atoms with E-state index in [1.807, 2.05) is 12.1 Å². The fourth-order valence-electron chi connectivity index (χ4n) is 6.52. The smallest absolute Gasteiger partial charge is 0.372 e. The van der Waals surface area contributed by atoms with Crippen molar-refractivity contribution in [2.75, 3.05) is 0 Å². The zero-order chi connectivity index (χ0) is 30.7. The van der Waals surface area contributed by atoms with Gasteiger partial charge in [0.1, 0.15) is 0 Å². The molecule has 1 N–H and O–H groups in total. The number of halogens is 3. The monoisotopic (exact) mass is 581 g/mol. The second-order valence-corrected chi connectivity index (χ2v) is 11.8. The zero-order valence-corrected chi connectivity index (χ0v) is 25.0. The Morgan fingerprint density at radius 2 is 1.70 bits per heavy atom. The number of aromatic amines is 1. The Balaban J connectivity index is 1.55. The summed E-state index contributed by atoms with van der Waals surface area (Å²) >= 11 is 0. The lowest BCUT2D eigenvalue weighted by atomic mass is 9.96. The molecular weight excluding hydrogens is 547 g/mol. The lowest BCUT2D eigenvalue weighted by molar-refractivity contribution is -0.137. The van der Waals surface area contributed by atoms with E-state index in [0.29, 0.717) is 24.3 Å². The molecule has 5 nitrogen and oxygen atoms in total. The van der Waals surface area contributed by atoms with E-state index in [0.717, 1.165) is 57.5 Å². The van der Waals surface area contributed by atoms with Gasteiger partial charge in [0.2, 0.25) is 5.69 Å². The summed E-state index contributed by atoms with van der Waals surface area (Å²) in [4.78, 5) is 9.37. The number of aromatic nitrogens is 3. The molecule has 0 spiro atoms. The van der Waals surface area contributed by atoms with Crippen LogP contribution in [0, 0.1) is 13.5 Å². The van der Waals surface area contributed by atoms with Gasteiger partial charge in [0.25, 0.3) is 0 Å². The molecule has 0 saturated heterocycles. The van der Waals surface area contributed by atoms with Crippen molar-refractivity contribution in [3.05, 3.63) is 111 Å². The number of rotatable bonds is 6. The lowest BCUT2D eigenvalue weighted by Crippen LogP contribution is -2.36. The van der Waals surface area contributed by atoms with Gasteiger partial charge in [-0.2, -0.15) is 18.3 Å². The van der Waals surface area contributed by atoms with Gasteiger partial charge in [-0.25, -0.2) is 9.53 Å². The maximum Gasteiger partial charge on any atom is 0.416 e. The number of nitrogens with zero attached hydrogens (tertiary/aromatic N) is 4. The molecule has 8 heteroatoms. The molecule has 0 amide bonds. The molecule has 0 aliphatic carbocycles. The molecule has 0 radical (unpaired) electrons. The maximum absolute atomic E-state index is 13.4. The first-order valence-corrected chi connectivity index (χ1v) is 14.6. The Morgan fingerprint density at radius 1 is 1.00 bits per heavy atom. The number of para-hydroxylation sites is 1. The summed E-state index contributed by atoms with van der Waals surface area (Å²) in [7, 11) is 0. The molecule has 0 unspecified atom stereocenters. The van der Waals surface area contributed by atoms with Crippen LogP contribution in [0.15, 0.2) is 60.8 Å². The molecule has 5 aromatic rings. The van der Waals surface area contributed by atoms with Crippen LogP contribution in [0.3, 0.4) is 0 Å². The lowest BCUT2D eigenvalue weighted by Gasteiger charge is -2.32. The Labute approximate surface area is 249 Å². The fraction of sp³-hybridized carbons (Fsp3) is 0.314. The average molecular weight is 582 g/mol. The minimum atomic E-state index is -4.37. The summed E-state index contributed by atoms with van der Waals surface area (Å²) < 4.78 is 42.2. The van der Waals surface area contributed by atoms with Crippen LogP contribution < -0.4 is 0 Å². The summed E-state index contributed by atoms with van der Waals surface area (Å²) in [6.07, 6.45) is -0.932. The maximum atomic E-state index is 13.4. The van der Waals surface area contributed by atoms with Gasteiger partial charge in [0, 0.05) is 35.8 Å². The van der Waals surface area contributed by atoms with E-state index in [4.69, 9.17) is 11.7 Å². The highest BCUT2D eigenvalue weighted by Crippen LogP contribution is 2.47. The van der Waals surface area contributed by atoms with Gasteiger partial charge in [0.15, 0.2) is 0 Å². The minimum Gasteiger partial charge on any atom is -0.372 e. The van der Waals surface area contributed by atoms with Gasteiger partial charge >= 0.3 is 6.18 Å². The number of H-pyrrole nitrogens is 1. The van der Waals surface area contributed by atoms with E-state index in [1.165, 1.54) is 23.3 Å². The summed E-state index contributed by atoms with van der Waals surface area (Å²) in [6, 6.07) is 16.4. The van der Waals surface area contributed by atoms with E-state index in [1.54, 1.807) is 19.2 Å². The number of hydrogen-bond donors (Lipinski definition) is 1. The number of hydrogen-bond acceptors (Lipinski definition) is 2. The molecule has 1 aliphatic rings. The summed E-state index contributed by atoms with van der Waals surface area (Å²) in [6.45, 7) is 19.2. The van der Waals surface area contributed by atoms with Crippen molar-refractivity contribution in [3.63, 3.8) is 0 Å². The number of alkyl halides is 3. The van der Waals surface area contributed by atoms with Gasteiger partial charge in [-0.3, -0.25) is 4.90 Å². The number of benzene rings is 3. The zero-order valence-electron chi connectivity index (χ0n) is 25.0. The van der Waals surface area contributed by atoms with Crippen LogP contribution in [0.2, 0.25) is 0 Å². The quantitative estimate of drug-likeness (QED) is 0.203. The first-order chi connectivity index (χ1) is 20.5. The highest BCUT2D eigenvalue weighted by Gasteiger charge is 2.43. The minimum absolute atomic E-state index is 0.486. The Bertz CT molecular complexity index is 1880. The van der Waals surface area contributed by atoms with E-state index in [2.05, 4.69) is 71.4 Å². The predicted octanol–water partition coefficient (Wildman–Crippen LogP) is 9.27.